The SMILES string of the molecule is O=C1CNC(=O)N1Cc1ccccc1. The molecule has 3 amide bonds. The molecule has 0 unspecified atom stereocenters. The molecule has 4 heteroatoms. The summed E-state index contributed by atoms with van der Waals surface area (Å²) in [4.78, 5) is 23.6. The highest BCUT2D eigenvalue weighted by Gasteiger charge is 2.27. The molecule has 0 saturated carbocycles. The minimum Gasteiger partial charge on any atom is -0.329 e. The average Bonchev–Trinajstić information content (AvgIpc) is 2.51. The minimum absolute atomic E-state index is 0.117. The van der Waals surface area contributed by atoms with Crippen molar-refractivity contribution in [2.24, 2.45) is 0 Å². The van der Waals surface area contributed by atoms with Gasteiger partial charge in [-0.2, -0.15) is 0 Å². The van der Waals surface area contributed by atoms with E-state index in [9.17, 15) is 9.59 Å². The van der Waals surface area contributed by atoms with Crippen LogP contribution in [0.4, 0.5) is 4.79 Å². The summed E-state index contributed by atoms with van der Waals surface area (Å²) in [5, 5.41) is 2.48. The van der Waals surface area contributed by atoms with E-state index in [2.05, 4.69) is 5.32 Å². The molecule has 1 fully saturated rings. The van der Waals surface area contributed by atoms with Gasteiger partial charge in [0.25, 0.3) is 0 Å². The van der Waals surface area contributed by atoms with Gasteiger partial charge < -0.3 is 5.32 Å². The summed E-state index contributed by atoms with van der Waals surface area (Å²) in [7, 11) is 0. The van der Waals surface area contributed by atoms with Crippen molar-refractivity contribution < 1.29 is 9.59 Å². The number of imide groups is 1. The fraction of sp³-hybridized carbons (Fsp3) is 0.200. The molecule has 0 aromatic heterocycles. The summed E-state index contributed by atoms with van der Waals surface area (Å²) in [6.07, 6.45) is 0. The Labute approximate surface area is 81.5 Å². The Morgan fingerprint density at radius 1 is 1.21 bits per heavy atom. The van der Waals surface area contributed by atoms with Crippen LogP contribution in [0.5, 0.6) is 0 Å². The smallest absolute Gasteiger partial charge is 0.324 e. The maximum Gasteiger partial charge on any atom is 0.324 e. The maximum absolute atomic E-state index is 11.2. The van der Waals surface area contributed by atoms with Crippen LogP contribution < -0.4 is 5.32 Å². The van der Waals surface area contributed by atoms with Crippen LogP contribution in [0.1, 0.15) is 5.56 Å². The number of carbonyl (C=O) groups is 2. The highest BCUT2D eigenvalue weighted by atomic mass is 16.2. The molecule has 1 aliphatic heterocycles. The maximum atomic E-state index is 11.2. The van der Waals surface area contributed by atoms with Crippen LogP contribution in [0.15, 0.2) is 30.3 Å². The average molecular weight is 190 g/mol. The van der Waals surface area contributed by atoms with E-state index in [1.165, 1.54) is 4.90 Å². The third kappa shape index (κ3) is 1.59. The van der Waals surface area contributed by atoms with Crippen molar-refractivity contribution in [3.63, 3.8) is 0 Å². The largest absolute Gasteiger partial charge is 0.329 e. The third-order valence-electron chi connectivity index (χ3n) is 2.12. The van der Waals surface area contributed by atoms with Gasteiger partial charge in [-0.1, -0.05) is 30.3 Å². The highest BCUT2D eigenvalue weighted by Crippen LogP contribution is 2.07. The molecular formula is C10H10N2O2. The van der Waals surface area contributed by atoms with E-state index >= 15 is 0 Å². The first-order chi connectivity index (χ1) is 6.77. The minimum atomic E-state index is -0.307. The van der Waals surface area contributed by atoms with Crippen molar-refractivity contribution in [2.75, 3.05) is 6.54 Å². The normalized spacial score (nSPS) is 15.9. The van der Waals surface area contributed by atoms with Crippen LogP contribution in [0.3, 0.4) is 0 Å². The lowest BCUT2D eigenvalue weighted by molar-refractivity contribution is -0.125. The zero-order chi connectivity index (χ0) is 9.97. The summed E-state index contributed by atoms with van der Waals surface area (Å²) in [5.41, 5.74) is 0.956. The Hall–Kier alpha value is -1.84. The Morgan fingerprint density at radius 2 is 1.93 bits per heavy atom. The molecule has 2 rings (SSSR count). The standard InChI is InChI=1S/C10H10N2O2/c13-9-6-11-10(14)12(9)7-8-4-2-1-3-5-8/h1-5H,6-7H2,(H,11,14). The van der Waals surface area contributed by atoms with Gasteiger partial charge in [-0.15, -0.1) is 0 Å². The number of hydrogen-bond acceptors (Lipinski definition) is 2. The zero-order valence-corrected chi connectivity index (χ0v) is 7.56. The zero-order valence-electron chi connectivity index (χ0n) is 7.56. The highest BCUT2D eigenvalue weighted by molar-refractivity contribution is 6.01. The Bertz CT molecular complexity index is 346. The molecule has 14 heavy (non-hydrogen) atoms. The summed E-state index contributed by atoms with van der Waals surface area (Å²) < 4.78 is 0. The van der Waals surface area contributed by atoms with Gasteiger partial charge in [0.05, 0.1) is 13.1 Å². The quantitative estimate of drug-likeness (QED) is 0.699. The number of nitrogens with one attached hydrogen (secondary N) is 1. The first kappa shape index (κ1) is 8.74. The molecule has 1 saturated heterocycles. The summed E-state index contributed by atoms with van der Waals surface area (Å²) in [6, 6.07) is 9.13. The molecule has 0 atom stereocenters. The second kappa shape index (κ2) is 3.49. The van der Waals surface area contributed by atoms with Crippen LogP contribution in [-0.2, 0) is 11.3 Å². The molecule has 1 heterocycles. The molecule has 0 bridgehead atoms. The molecular weight excluding hydrogens is 180 g/mol. The number of benzene rings is 1. The van der Waals surface area contributed by atoms with Crippen molar-refractivity contribution in [3.05, 3.63) is 35.9 Å². The lowest BCUT2D eigenvalue weighted by atomic mass is 10.2. The lowest BCUT2D eigenvalue weighted by Crippen LogP contribution is -2.30. The summed E-state index contributed by atoms with van der Waals surface area (Å²) >= 11 is 0. The van der Waals surface area contributed by atoms with Crippen LogP contribution in [0, 0.1) is 0 Å². The van der Waals surface area contributed by atoms with Gasteiger partial charge in [0.15, 0.2) is 0 Å². The molecule has 1 aromatic rings. The number of nitrogens with zero attached hydrogens (tertiary/aromatic N) is 1. The fourth-order valence-corrected chi connectivity index (χ4v) is 1.38. The van der Waals surface area contributed by atoms with Crippen molar-refractivity contribution in [3.8, 4) is 0 Å². The predicted octanol–water partition coefficient (Wildman–Crippen LogP) is 0.738. The number of hydrogen-bond donors (Lipinski definition) is 1. The monoisotopic (exact) mass is 190 g/mol. The van der Waals surface area contributed by atoms with Crippen LogP contribution in [0.25, 0.3) is 0 Å². The van der Waals surface area contributed by atoms with Crippen LogP contribution in [-0.4, -0.2) is 23.4 Å². The Kier molecular flexibility index (Phi) is 2.18. The van der Waals surface area contributed by atoms with E-state index in [1.54, 1.807) is 0 Å². The van der Waals surface area contributed by atoms with E-state index in [0.29, 0.717) is 6.54 Å². The van der Waals surface area contributed by atoms with Crippen molar-refractivity contribution in [1.29, 1.82) is 0 Å². The number of urea groups is 1. The number of rotatable bonds is 2. The van der Waals surface area contributed by atoms with E-state index in [4.69, 9.17) is 0 Å². The molecule has 1 N–H and O–H groups in total. The molecule has 72 valence electrons. The van der Waals surface area contributed by atoms with Gasteiger partial charge in [0.2, 0.25) is 5.91 Å². The molecule has 1 aliphatic rings. The van der Waals surface area contributed by atoms with Gasteiger partial charge >= 0.3 is 6.03 Å². The van der Waals surface area contributed by atoms with Gasteiger partial charge in [-0.3, -0.25) is 9.69 Å². The van der Waals surface area contributed by atoms with E-state index < -0.39 is 0 Å². The molecule has 4 nitrogen and oxygen atoms in total. The molecule has 0 aliphatic carbocycles. The third-order valence-corrected chi connectivity index (χ3v) is 2.12. The fourth-order valence-electron chi connectivity index (χ4n) is 1.38. The number of carbonyl (C=O) groups excluding carboxylic acids is 2. The second-order valence-electron chi connectivity index (χ2n) is 3.12. The van der Waals surface area contributed by atoms with Crippen molar-refractivity contribution in [2.45, 2.75) is 6.54 Å². The lowest BCUT2D eigenvalue weighted by Gasteiger charge is -2.11. The van der Waals surface area contributed by atoms with Crippen molar-refractivity contribution >= 4 is 11.9 Å². The van der Waals surface area contributed by atoms with E-state index in [0.717, 1.165) is 5.56 Å². The van der Waals surface area contributed by atoms with Gasteiger partial charge in [0.1, 0.15) is 0 Å². The molecule has 1 aromatic carbocycles. The van der Waals surface area contributed by atoms with Crippen LogP contribution in [0.2, 0.25) is 0 Å². The summed E-state index contributed by atoms with van der Waals surface area (Å²) in [6.45, 7) is 0.469. The van der Waals surface area contributed by atoms with E-state index in [1.807, 2.05) is 30.3 Å². The summed E-state index contributed by atoms with van der Waals surface area (Å²) in [5.74, 6) is -0.168. The number of amides is 3. The first-order valence-electron chi connectivity index (χ1n) is 4.39. The van der Waals surface area contributed by atoms with E-state index in [-0.39, 0.29) is 18.5 Å². The Balaban J connectivity index is 2.11. The first-order valence-corrected chi connectivity index (χ1v) is 4.39. The Morgan fingerprint density at radius 3 is 2.50 bits per heavy atom. The second-order valence-corrected chi connectivity index (χ2v) is 3.12. The van der Waals surface area contributed by atoms with Crippen LogP contribution >= 0.6 is 0 Å². The van der Waals surface area contributed by atoms with Gasteiger partial charge in [-0.25, -0.2) is 4.79 Å². The predicted molar refractivity (Wildman–Crippen MR) is 50.4 cm³/mol. The van der Waals surface area contributed by atoms with Crippen molar-refractivity contribution in [1.82, 2.24) is 10.2 Å². The molecule has 0 radical (unpaired) electrons. The van der Waals surface area contributed by atoms with Gasteiger partial charge in [-0.05, 0) is 5.56 Å². The van der Waals surface area contributed by atoms with Gasteiger partial charge in [0, 0.05) is 0 Å². The molecule has 0 spiro atoms. The topological polar surface area (TPSA) is 49.4 Å².